The fourth-order valence-corrected chi connectivity index (χ4v) is 4.72. The largest absolute Gasteiger partial charge is 0.312 e. The van der Waals surface area contributed by atoms with E-state index in [4.69, 9.17) is 0 Å². The molecule has 1 aliphatic carbocycles. The van der Waals surface area contributed by atoms with E-state index in [1.54, 1.807) is 10.4 Å². The molecule has 0 radical (unpaired) electrons. The van der Waals surface area contributed by atoms with Gasteiger partial charge in [-0.25, -0.2) is 8.42 Å². The molecule has 0 amide bonds. The van der Waals surface area contributed by atoms with E-state index in [1.165, 1.54) is 24.0 Å². The van der Waals surface area contributed by atoms with Crippen LogP contribution in [0.15, 0.2) is 23.1 Å². The lowest BCUT2D eigenvalue weighted by Crippen LogP contribution is -2.51. The summed E-state index contributed by atoms with van der Waals surface area (Å²) in [6.45, 7) is 3.86. The van der Waals surface area contributed by atoms with Crippen molar-refractivity contribution in [2.45, 2.75) is 43.5 Å². The summed E-state index contributed by atoms with van der Waals surface area (Å²) in [5.74, 6) is 0. The Balaban J connectivity index is 1.90. The zero-order valence-electron chi connectivity index (χ0n) is 11.9. The first-order valence-corrected chi connectivity index (χ1v) is 8.87. The second-order valence-corrected chi connectivity index (χ2v) is 7.79. The van der Waals surface area contributed by atoms with Crippen LogP contribution in [0.3, 0.4) is 0 Å². The van der Waals surface area contributed by atoms with Crippen LogP contribution in [0.5, 0.6) is 0 Å². The van der Waals surface area contributed by atoms with E-state index < -0.39 is 10.0 Å². The molecular weight excluding hydrogens is 272 g/mol. The van der Waals surface area contributed by atoms with E-state index >= 15 is 0 Å². The molecule has 1 aromatic carbocycles. The van der Waals surface area contributed by atoms with Crippen LogP contribution in [0.4, 0.5) is 0 Å². The molecule has 1 N–H and O–H groups in total. The first-order chi connectivity index (χ1) is 9.57. The first kappa shape index (κ1) is 14.0. The molecule has 5 heteroatoms. The zero-order valence-corrected chi connectivity index (χ0v) is 12.7. The van der Waals surface area contributed by atoms with Crippen molar-refractivity contribution in [3.63, 3.8) is 0 Å². The van der Waals surface area contributed by atoms with Crippen molar-refractivity contribution >= 4 is 10.0 Å². The van der Waals surface area contributed by atoms with E-state index in [2.05, 4.69) is 5.32 Å². The summed E-state index contributed by atoms with van der Waals surface area (Å²) < 4.78 is 27.0. The Morgan fingerprint density at radius 2 is 1.95 bits per heavy atom. The number of fused-ring (bicyclic) bond motifs is 1. The molecule has 0 saturated carbocycles. The molecule has 1 heterocycles. The molecule has 1 aromatic rings. The molecule has 1 atom stereocenters. The van der Waals surface area contributed by atoms with Gasteiger partial charge in [-0.2, -0.15) is 4.31 Å². The predicted molar refractivity (Wildman–Crippen MR) is 79.3 cm³/mol. The minimum atomic E-state index is -3.34. The molecule has 1 fully saturated rings. The summed E-state index contributed by atoms with van der Waals surface area (Å²) in [5, 5.41) is 3.28. The normalized spacial score (nSPS) is 24.4. The first-order valence-electron chi connectivity index (χ1n) is 7.43. The van der Waals surface area contributed by atoms with Crippen molar-refractivity contribution in [2.75, 3.05) is 19.6 Å². The summed E-state index contributed by atoms with van der Waals surface area (Å²) in [7, 11) is -3.34. The quantitative estimate of drug-likeness (QED) is 0.900. The van der Waals surface area contributed by atoms with Gasteiger partial charge in [0.25, 0.3) is 0 Å². The van der Waals surface area contributed by atoms with Crippen LogP contribution in [0.2, 0.25) is 0 Å². The van der Waals surface area contributed by atoms with E-state index in [0.29, 0.717) is 18.0 Å². The summed E-state index contributed by atoms with van der Waals surface area (Å²) in [5.41, 5.74) is 2.55. The number of aryl methyl sites for hydroxylation is 2. The van der Waals surface area contributed by atoms with Gasteiger partial charge in [0.05, 0.1) is 4.90 Å². The van der Waals surface area contributed by atoms with Crippen LogP contribution in [-0.2, 0) is 22.9 Å². The van der Waals surface area contributed by atoms with Gasteiger partial charge in [0.1, 0.15) is 0 Å². The number of benzene rings is 1. The Kier molecular flexibility index (Phi) is 3.84. The van der Waals surface area contributed by atoms with Gasteiger partial charge in [0, 0.05) is 25.7 Å². The molecule has 0 bridgehead atoms. The SMILES string of the molecule is CC1CN(S(=O)(=O)c2ccc3c(c2)CCCC3)CCN1. The van der Waals surface area contributed by atoms with Crippen molar-refractivity contribution in [2.24, 2.45) is 0 Å². The second-order valence-electron chi connectivity index (χ2n) is 5.86. The van der Waals surface area contributed by atoms with E-state index in [0.717, 1.165) is 19.4 Å². The van der Waals surface area contributed by atoms with Crippen LogP contribution in [0.1, 0.15) is 30.9 Å². The van der Waals surface area contributed by atoms with Gasteiger partial charge < -0.3 is 5.32 Å². The maximum Gasteiger partial charge on any atom is 0.243 e. The van der Waals surface area contributed by atoms with Gasteiger partial charge in [-0.1, -0.05) is 6.07 Å². The molecule has 1 saturated heterocycles. The van der Waals surface area contributed by atoms with E-state index in [9.17, 15) is 8.42 Å². The van der Waals surface area contributed by atoms with Crippen molar-refractivity contribution in [3.05, 3.63) is 29.3 Å². The van der Waals surface area contributed by atoms with Crippen LogP contribution in [-0.4, -0.2) is 38.4 Å². The lowest BCUT2D eigenvalue weighted by molar-refractivity contribution is 0.310. The van der Waals surface area contributed by atoms with Gasteiger partial charge in [0.2, 0.25) is 10.0 Å². The summed E-state index contributed by atoms with van der Waals surface area (Å²) in [6, 6.07) is 5.91. The smallest absolute Gasteiger partial charge is 0.243 e. The average Bonchev–Trinajstić information content (AvgIpc) is 2.46. The lowest BCUT2D eigenvalue weighted by atomic mass is 9.92. The van der Waals surface area contributed by atoms with Gasteiger partial charge in [-0.3, -0.25) is 0 Å². The van der Waals surface area contributed by atoms with Crippen LogP contribution < -0.4 is 5.32 Å². The van der Waals surface area contributed by atoms with Crippen molar-refractivity contribution in [1.82, 2.24) is 9.62 Å². The number of nitrogens with zero attached hydrogens (tertiary/aromatic N) is 1. The third kappa shape index (κ3) is 2.62. The standard InChI is InChI=1S/C15H22N2O2S/c1-12-11-17(9-8-16-12)20(18,19)15-7-6-13-4-2-3-5-14(13)10-15/h6-7,10,12,16H,2-5,8-9,11H2,1H3. The van der Waals surface area contributed by atoms with Crippen LogP contribution in [0.25, 0.3) is 0 Å². The number of sulfonamides is 1. The summed E-state index contributed by atoms with van der Waals surface area (Å²) >= 11 is 0. The highest BCUT2D eigenvalue weighted by Gasteiger charge is 2.29. The molecule has 2 aliphatic rings. The molecule has 4 nitrogen and oxygen atoms in total. The fourth-order valence-electron chi connectivity index (χ4n) is 3.13. The predicted octanol–water partition coefficient (Wildman–Crippen LogP) is 1.55. The molecule has 0 aromatic heterocycles. The molecule has 1 aliphatic heterocycles. The van der Waals surface area contributed by atoms with Crippen molar-refractivity contribution in [1.29, 1.82) is 0 Å². The Hall–Kier alpha value is -0.910. The average molecular weight is 294 g/mol. The minimum Gasteiger partial charge on any atom is -0.312 e. The third-order valence-electron chi connectivity index (χ3n) is 4.29. The van der Waals surface area contributed by atoms with Crippen molar-refractivity contribution < 1.29 is 8.42 Å². The molecule has 3 rings (SSSR count). The number of nitrogens with one attached hydrogen (secondary N) is 1. The Bertz CT molecular complexity index is 598. The second kappa shape index (κ2) is 5.47. The third-order valence-corrected chi connectivity index (χ3v) is 6.15. The number of rotatable bonds is 2. The Morgan fingerprint density at radius 1 is 1.20 bits per heavy atom. The maximum atomic E-state index is 12.7. The van der Waals surface area contributed by atoms with Crippen molar-refractivity contribution in [3.8, 4) is 0 Å². The molecular formula is C15H22N2O2S. The highest BCUT2D eigenvalue weighted by molar-refractivity contribution is 7.89. The molecule has 0 spiro atoms. The van der Waals surface area contributed by atoms with E-state index in [-0.39, 0.29) is 6.04 Å². The number of hydrogen-bond acceptors (Lipinski definition) is 3. The molecule has 20 heavy (non-hydrogen) atoms. The Morgan fingerprint density at radius 3 is 2.70 bits per heavy atom. The van der Waals surface area contributed by atoms with Crippen LogP contribution >= 0.6 is 0 Å². The topological polar surface area (TPSA) is 49.4 Å². The lowest BCUT2D eigenvalue weighted by Gasteiger charge is -2.31. The van der Waals surface area contributed by atoms with E-state index in [1.807, 2.05) is 19.1 Å². The van der Waals surface area contributed by atoms with Gasteiger partial charge >= 0.3 is 0 Å². The highest BCUT2D eigenvalue weighted by atomic mass is 32.2. The molecule has 110 valence electrons. The number of piperazine rings is 1. The monoisotopic (exact) mass is 294 g/mol. The fraction of sp³-hybridized carbons (Fsp3) is 0.600. The molecule has 1 unspecified atom stereocenters. The highest BCUT2D eigenvalue weighted by Crippen LogP contribution is 2.26. The zero-order chi connectivity index (χ0) is 14.2. The maximum absolute atomic E-state index is 12.7. The Labute approximate surface area is 121 Å². The summed E-state index contributed by atoms with van der Waals surface area (Å²) in [4.78, 5) is 0.465. The minimum absolute atomic E-state index is 0.219. The van der Waals surface area contributed by atoms with Gasteiger partial charge in [-0.15, -0.1) is 0 Å². The van der Waals surface area contributed by atoms with Gasteiger partial charge in [-0.05, 0) is 55.9 Å². The number of hydrogen-bond donors (Lipinski definition) is 1. The van der Waals surface area contributed by atoms with Gasteiger partial charge in [0.15, 0.2) is 0 Å². The van der Waals surface area contributed by atoms with Crippen LogP contribution in [0, 0.1) is 0 Å². The summed E-state index contributed by atoms with van der Waals surface area (Å²) in [6.07, 6.45) is 4.48.